The number of nitrogen functional groups attached to an aromatic ring is 1. The highest BCUT2D eigenvalue weighted by Crippen LogP contribution is 2.28. The zero-order valence-electron chi connectivity index (χ0n) is 8.59. The summed E-state index contributed by atoms with van der Waals surface area (Å²) in [6.07, 6.45) is 1.18. The molecule has 1 aromatic carbocycles. The Labute approximate surface area is 95.0 Å². The van der Waals surface area contributed by atoms with E-state index in [0.29, 0.717) is 5.25 Å². The van der Waals surface area contributed by atoms with Crippen molar-refractivity contribution >= 4 is 29.1 Å². The van der Waals surface area contributed by atoms with Crippen LogP contribution in [0.15, 0.2) is 18.2 Å². The summed E-state index contributed by atoms with van der Waals surface area (Å²) in [5.41, 5.74) is 7.72. The van der Waals surface area contributed by atoms with Gasteiger partial charge in [0.05, 0.1) is 0 Å². The molecule has 0 saturated carbocycles. The molecule has 0 aliphatic heterocycles. The summed E-state index contributed by atoms with van der Waals surface area (Å²) >= 11 is 7.96. The van der Waals surface area contributed by atoms with E-state index in [1.807, 2.05) is 30.0 Å². The van der Waals surface area contributed by atoms with Crippen LogP contribution in [0.1, 0.15) is 25.8 Å². The Balaban J connectivity index is 2.66. The minimum Gasteiger partial charge on any atom is -0.398 e. The van der Waals surface area contributed by atoms with E-state index in [9.17, 15) is 0 Å². The smallest absolute Gasteiger partial charge is 0.0466 e. The van der Waals surface area contributed by atoms with E-state index in [-0.39, 0.29) is 0 Å². The number of hydrogen-bond donors (Lipinski definition) is 1. The van der Waals surface area contributed by atoms with E-state index < -0.39 is 0 Å². The fourth-order valence-electron chi connectivity index (χ4n) is 1.07. The van der Waals surface area contributed by atoms with Gasteiger partial charge in [0.2, 0.25) is 0 Å². The van der Waals surface area contributed by atoms with Crippen molar-refractivity contribution < 1.29 is 0 Å². The number of halogens is 1. The second-order valence-electron chi connectivity index (χ2n) is 3.34. The van der Waals surface area contributed by atoms with Crippen LogP contribution in [0.3, 0.4) is 0 Å². The lowest BCUT2D eigenvalue weighted by atomic mass is 10.2. The highest BCUT2D eigenvalue weighted by molar-refractivity contribution is 7.99. The van der Waals surface area contributed by atoms with Crippen molar-refractivity contribution in [2.75, 3.05) is 5.73 Å². The summed E-state index contributed by atoms with van der Waals surface area (Å²) in [6, 6.07) is 5.68. The minimum absolute atomic E-state index is 0.658. The van der Waals surface area contributed by atoms with Gasteiger partial charge in [-0.15, -0.1) is 0 Å². The van der Waals surface area contributed by atoms with E-state index in [2.05, 4.69) is 13.8 Å². The van der Waals surface area contributed by atoms with Crippen molar-refractivity contribution in [3.05, 3.63) is 28.8 Å². The number of thioether (sulfide) groups is 1. The summed E-state index contributed by atoms with van der Waals surface area (Å²) in [5, 5.41) is 1.44. The van der Waals surface area contributed by atoms with Gasteiger partial charge in [-0.1, -0.05) is 31.5 Å². The van der Waals surface area contributed by atoms with E-state index in [1.165, 1.54) is 6.42 Å². The number of anilines is 1. The molecule has 0 heterocycles. The first-order chi connectivity index (χ1) is 6.65. The van der Waals surface area contributed by atoms with Gasteiger partial charge in [-0.25, -0.2) is 0 Å². The molecule has 0 bridgehead atoms. The summed E-state index contributed by atoms with van der Waals surface area (Å²) in [4.78, 5) is 0. The predicted octanol–water partition coefficient (Wildman–Crippen LogP) is 3.95. The first-order valence-corrected chi connectivity index (χ1v) is 6.22. The highest BCUT2D eigenvalue weighted by atomic mass is 35.5. The van der Waals surface area contributed by atoms with E-state index >= 15 is 0 Å². The van der Waals surface area contributed by atoms with Crippen molar-refractivity contribution in [2.24, 2.45) is 0 Å². The minimum atomic E-state index is 0.658. The monoisotopic (exact) mass is 229 g/mol. The van der Waals surface area contributed by atoms with Gasteiger partial charge in [0.1, 0.15) is 0 Å². The largest absolute Gasteiger partial charge is 0.398 e. The molecule has 0 aromatic heterocycles. The van der Waals surface area contributed by atoms with Gasteiger partial charge in [-0.3, -0.25) is 0 Å². The fourth-order valence-corrected chi connectivity index (χ4v) is 2.41. The Morgan fingerprint density at radius 1 is 1.50 bits per heavy atom. The Morgan fingerprint density at radius 2 is 2.21 bits per heavy atom. The SMILES string of the molecule is CCC(C)SCc1c(N)cccc1Cl. The third kappa shape index (κ3) is 3.10. The summed E-state index contributed by atoms with van der Waals surface area (Å²) in [7, 11) is 0. The van der Waals surface area contributed by atoms with Gasteiger partial charge >= 0.3 is 0 Å². The van der Waals surface area contributed by atoms with Crippen molar-refractivity contribution in [1.29, 1.82) is 0 Å². The van der Waals surface area contributed by atoms with Crippen LogP contribution >= 0.6 is 23.4 Å². The molecule has 0 aliphatic carbocycles. The van der Waals surface area contributed by atoms with E-state index in [1.54, 1.807) is 0 Å². The Kier molecular flexibility index (Phi) is 4.63. The Morgan fingerprint density at radius 3 is 2.79 bits per heavy atom. The van der Waals surface area contributed by atoms with Crippen molar-refractivity contribution in [3.8, 4) is 0 Å². The Bertz CT molecular complexity index is 281. The average molecular weight is 230 g/mol. The van der Waals surface area contributed by atoms with Gasteiger partial charge in [-0.05, 0) is 18.6 Å². The topological polar surface area (TPSA) is 26.0 Å². The molecule has 14 heavy (non-hydrogen) atoms. The fraction of sp³-hybridized carbons (Fsp3) is 0.455. The molecule has 1 atom stereocenters. The molecule has 3 heteroatoms. The first kappa shape index (κ1) is 11.7. The molecule has 1 aromatic rings. The zero-order valence-corrected chi connectivity index (χ0v) is 10.2. The summed E-state index contributed by atoms with van der Waals surface area (Å²) < 4.78 is 0. The molecule has 0 spiro atoms. The first-order valence-electron chi connectivity index (χ1n) is 4.79. The quantitative estimate of drug-likeness (QED) is 0.792. The maximum absolute atomic E-state index is 6.06. The van der Waals surface area contributed by atoms with Crippen LogP contribution in [0, 0.1) is 0 Å². The lowest BCUT2D eigenvalue weighted by molar-refractivity contribution is 0.905. The van der Waals surface area contributed by atoms with Crippen molar-refractivity contribution in [2.45, 2.75) is 31.3 Å². The molecule has 2 N–H and O–H groups in total. The molecule has 78 valence electrons. The molecule has 1 unspecified atom stereocenters. The molecule has 1 rings (SSSR count). The summed E-state index contributed by atoms with van der Waals surface area (Å²) in [6.45, 7) is 4.41. The van der Waals surface area contributed by atoms with Crippen LogP contribution in [-0.2, 0) is 5.75 Å². The van der Waals surface area contributed by atoms with Crippen LogP contribution in [0.25, 0.3) is 0 Å². The number of benzene rings is 1. The lowest BCUT2D eigenvalue weighted by Crippen LogP contribution is -1.97. The molecule has 0 fully saturated rings. The molecule has 1 nitrogen and oxygen atoms in total. The maximum atomic E-state index is 6.06. The number of nitrogens with two attached hydrogens (primary N) is 1. The van der Waals surface area contributed by atoms with Gasteiger partial charge in [0, 0.05) is 27.3 Å². The van der Waals surface area contributed by atoms with Crippen molar-refractivity contribution in [3.63, 3.8) is 0 Å². The van der Waals surface area contributed by atoms with Crippen LogP contribution in [-0.4, -0.2) is 5.25 Å². The lowest BCUT2D eigenvalue weighted by Gasteiger charge is -2.11. The predicted molar refractivity (Wildman–Crippen MR) is 66.9 cm³/mol. The third-order valence-electron chi connectivity index (χ3n) is 2.24. The average Bonchev–Trinajstić information content (AvgIpc) is 2.16. The molecule has 0 aliphatic rings. The van der Waals surface area contributed by atoms with Crippen LogP contribution in [0.2, 0.25) is 5.02 Å². The van der Waals surface area contributed by atoms with E-state index in [4.69, 9.17) is 17.3 Å². The molecule has 0 saturated heterocycles. The second kappa shape index (κ2) is 5.52. The van der Waals surface area contributed by atoms with Gasteiger partial charge in [-0.2, -0.15) is 11.8 Å². The molecule has 0 amide bonds. The Hall–Kier alpha value is -0.340. The highest BCUT2D eigenvalue weighted by Gasteiger charge is 2.06. The maximum Gasteiger partial charge on any atom is 0.0466 e. The van der Waals surface area contributed by atoms with Gasteiger partial charge < -0.3 is 5.73 Å². The van der Waals surface area contributed by atoms with Crippen LogP contribution in [0.5, 0.6) is 0 Å². The third-order valence-corrected chi connectivity index (χ3v) is 3.95. The van der Waals surface area contributed by atoms with E-state index in [0.717, 1.165) is 22.0 Å². The summed E-state index contributed by atoms with van der Waals surface area (Å²) in [5.74, 6) is 0.903. The second-order valence-corrected chi connectivity index (χ2v) is 5.17. The number of hydrogen-bond acceptors (Lipinski definition) is 2. The van der Waals surface area contributed by atoms with Crippen LogP contribution < -0.4 is 5.73 Å². The molecular weight excluding hydrogens is 214 g/mol. The number of rotatable bonds is 4. The molecule has 0 radical (unpaired) electrons. The van der Waals surface area contributed by atoms with Crippen LogP contribution in [0.4, 0.5) is 5.69 Å². The normalized spacial score (nSPS) is 12.8. The van der Waals surface area contributed by atoms with Crippen molar-refractivity contribution in [1.82, 2.24) is 0 Å². The molecular formula is C11H16ClNS. The van der Waals surface area contributed by atoms with Gasteiger partial charge in [0.15, 0.2) is 0 Å². The standard InChI is InChI=1S/C11H16ClNS/c1-3-8(2)14-7-9-10(12)5-4-6-11(9)13/h4-6,8H,3,7,13H2,1-2H3. The van der Waals surface area contributed by atoms with Gasteiger partial charge in [0.25, 0.3) is 0 Å². The zero-order chi connectivity index (χ0) is 10.6.